The second-order valence-electron chi connectivity index (χ2n) is 5.95. The average molecular weight is 435 g/mol. The van der Waals surface area contributed by atoms with Crippen LogP contribution in [-0.4, -0.2) is 64.5 Å². The molecule has 4 N–H and O–H groups in total. The number of fused-ring (bicyclic) bond motifs is 1. The van der Waals surface area contributed by atoms with Crippen molar-refractivity contribution in [3.05, 3.63) is 33.7 Å². The Labute approximate surface area is 187 Å². The molecule has 0 radical (unpaired) electrons. The summed E-state index contributed by atoms with van der Waals surface area (Å²) in [6.45, 7) is -0.342. The van der Waals surface area contributed by atoms with Crippen LogP contribution in [0.2, 0.25) is 0 Å². The SMILES string of the molecule is CO[C@@]1(NC(=O)Cc2cccs2)C(=O)N2C(C(=O)O)=C(COC(N)=O)CS[C@@H]21.[H-].[Li+]. The molecule has 10 nitrogen and oxygen atoms in total. The van der Waals surface area contributed by atoms with Gasteiger partial charge in [-0.15, -0.1) is 23.1 Å². The number of hydrogen-bond donors (Lipinski definition) is 3. The van der Waals surface area contributed by atoms with Crippen molar-refractivity contribution in [2.45, 2.75) is 17.5 Å². The summed E-state index contributed by atoms with van der Waals surface area (Å²) in [5.74, 6) is -2.31. The van der Waals surface area contributed by atoms with Crippen LogP contribution in [0.25, 0.3) is 0 Å². The van der Waals surface area contributed by atoms with Crippen molar-refractivity contribution in [1.82, 2.24) is 10.2 Å². The van der Waals surface area contributed by atoms with Gasteiger partial charge in [0.05, 0.1) is 6.42 Å². The van der Waals surface area contributed by atoms with E-state index in [9.17, 15) is 24.3 Å². The van der Waals surface area contributed by atoms with Gasteiger partial charge in [-0.05, 0) is 11.4 Å². The molecule has 2 atom stereocenters. The number of hydrogen-bond acceptors (Lipinski definition) is 8. The van der Waals surface area contributed by atoms with Crippen molar-refractivity contribution in [3.63, 3.8) is 0 Å². The number of rotatable bonds is 7. The standard InChI is InChI=1S/C16H17N3O7S2.Li.H/c1-25-16(18-10(20)5-9-3-2-4-27-9)13(23)19-11(12(21)22)8(6-26-15(17)24)7-28-14(16)19;;/h2-4,14H,5-7H2,1H3,(H2,17,24)(H,18,20)(H,21,22);;/q;+1;-1/t14-,16+;;/m1../s1. The zero-order chi connectivity index (χ0) is 20.5. The number of aliphatic carboxylic acids is 1. The summed E-state index contributed by atoms with van der Waals surface area (Å²) < 4.78 is 10.0. The molecular weight excluding hydrogens is 417 g/mol. The zero-order valence-electron chi connectivity index (χ0n) is 16.7. The molecule has 0 unspecified atom stereocenters. The number of carbonyl (C=O) groups excluding carboxylic acids is 3. The minimum absolute atomic E-state index is 0. The number of thioether (sulfide) groups is 1. The maximum absolute atomic E-state index is 12.8. The van der Waals surface area contributed by atoms with Crippen LogP contribution in [0.4, 0.5) is 4.79 Å². The van der Waals surface area contributed by atoms with Gasteiger partial charge in [0.2, 0.25) is 5.91 Å². The largest absolute Gasteiger partial charge is 1.00 e. The first kappa shape index (κ1) is 23.3. The Hall–Kier alpha value is -1.97. The zero-order valence-corrected chi connectivity index (χ0v) is 17.3. The van der Waals surface area contributed by atoms with Crippen molar-refractivity contribution in [1.29, 1.82) is 0 Å². The van der Waals surface area contributed by atoms with E-state index in [-0.39, 0.29) is 50.3 Å². The monoisotopic (exact) mass is 435 g/mol. The molecule has 0 spiro atoms. The predicted octanol–water partition coefficient (Wildman–Crippen LogP) is -2.78. The summed E-state index contributed by atoms with van der Waals surface area (Å²) in [4.78, 5) is 49.6. The Balaban J connectivity index is 0.00000225. The van der Waals surface area contributed by atoms with Crippen LogP contribution in [0, 0.1) is 0 Å². The number of carbonyl (C=O) groups is 4. The molecule has 2 aliphatic rings. The van der Waals surface area contributed by atoms with Gasteiger partial charge >= 0.3 is 30.9 Å². The van der Waals surface area contributed by atoms with E-state index in [0.29, 0.717) is 0 Å². The number of carboxylic acid groups (broad SMARTS) is 1. The molecule has 29 heavy (non-hydrogen) atoms. The van der Waals surface area contributed by atoms with Gasteiger partial charge in [0.1, 0.15) is 17.7 Å². The fourth-order valence-electron chi connectivity index (χ4n) is 3.04. The Morgan fingerprint density at radius 1 is 1.48 bits per heavy atom. The topological polar surface area (TPSA) is 148 Å². The van der Waals surface area contributed by atoms with Gasteiger partial charge in [-0.2, -0.15) is 0 Å². The van der Waals surface area contributed by atoms with Crippen LogP contribution in [0.5, 0.6) is 0 Å². The number of nitrogens with two attached hydrogens (primary N) is 1. The first-order valence-electron chi connectivity index (χ1n) is 8.01. The van der Waals surface area contributed by atoms with Crippen LogP contribution in [0.15, 0.2) is 28.8 Å². The van der Waals surface area contributed by atoms with E-state index in [0.717, 1.165) is 9.78 Å². The van der Waals surface area contributed by atoms with Crippen molar-refractivity contribution in [2.24, 2.45) is 5.73 Å². The third kappa shape index (κ3) is 4.31. The van der Waals surface area contributed by atoms with Crippen LogP contribution >= 0.6 is 23.1 Å². The van der Waals surface area contributed by atoms with Gasteiger partial charge in [-0.3, -0.25) is 14.5 Å². The summed E-state index contributed by atoms with van der Waals surface area (Å²) >= 11 is 2.60. The van der Waals surface area contributed by atoms with E-state index in [1.54, 1.807) is 6.07 Å². The number of nitrogens with one attached hydrogen (secondary N) is 1. The number of amides is 3. The molecule has 2 aliphatic heterocycles. The minimum atomic E-state index is -1.66. The molecule has 1 aromatic heterocycles. The van der Waals surface area contributed by atoms with Gasteiger partial charge in [-0.1, -0.05) is 6.07 Å². The summed E-state index contributed by atoms with van der Waals surface area (Å²) in [5, 5.41) is 13.2. The molecule has 0 bridgehead atoms. The minimum Gasteiger partial charge on any atom is -1.00 e. The molecule has 0 saturated carbocycles. The molecule has 1 saturated heterocycles. The van der Waals surface area contributed by atoms with E-state index < -0.39 is 35.0 Å². The maximum Gasteiger partial charge on any atom is 1.00 e. The Bertz CT molecular complexity index is 867. The summed E-state index contributed by atoms with van der Waals surface area (Å²) in [6, 6.07) is 3.61. The van der Waals surface area contributed by atoms with E-state index in [4.69, 9.17) is 10.5 Å². The molecule has 152 valence electrons. The smallest absolute Gasteiger partial charge is 1.00 e. The molecule has 3 heterocycles. The fraction of sp³-hybridized carbons (Fsp3) is 0.375. The molecule has 1 aromatic rings. The third-order valence-corrected chi connectivity index (χ3v) is 6.51. The van der Waals surface area contributed by atoms with Gasteiger partial charge < -0.3 is 27.1 Å². The van der Waals surface area contributed by atoms with Crippen LogP contribution in [0.1, 0.15) is 6.30 Å². The van der Waals surface area contributed by atoms with Crippen LogP contribution < -0.4 is 29.9 Å². The summed E-state index contributed by atoms with van der Waals surface area (Å²) in [7, 11) is 1.27. The number of thiophene rings is 1. The van der Waals surface area contributed by atoms with E-state index in [2.05, 4.69) is 10.1 Å². The number of ether oxygens (including phenoxy) is 2. The molecule has 0 aliphatic carbocycles. The number of carboxylic acids is 1. The van der Waals surface area contributed by atoms with Crippen LogP contribution in [-0.2, 0) is 30.3 Å². The molecule has 3 amide bonds. The summed E-state index contributed by atoms with van der Waals surface area (Å²) in [6.07, 6.45) is -0.973. The van der Waals surface area contributed by atoms with Crippen molar-refractivity contribution >= 4 is 47.0 Å². The van der Waals surface area contributed by atoms with E-state index in [1.807, 2.05) is 11.4 Å². The van der Waals surface area contributed by atoms with Gasteiger partial charge in [-0.25, -0.2) is 9.59 Å². The Morgan fingerprint density at radius 3 is 2.76 bits per heavy atom. The Kier molecular flexibility index (Phi) is 7.42. The molecule has 0 aromatic carbocycles. The van der Waals surface area contributed by atoms with Gasteiger partial charge in [0, 0.05) is 23.3 Å². The molecule has 1 fully saturated rings. The van der Waals surface area contributed by atoms with Gasteiger partial charge in [0.15, 0.2) is 0 Å². The van der Waals surface area contributed by atoms with Crippen molar-refractivity contribution in [3.8, 4) is 0 Å². The van der Waals surface area contributed by atoms with Crippen LogP contribution in [0.3, 0.4) is 0 Å². The Morgan fingerprint density at radius 2 is 2.21 bits per heavy atom. The van der Waals surface area contributed by atoms with Crippen molar-refractivity contribution < 1.29 is 54.0 Å². The molecular formula is C16H18LiN3O7S2. The second-order valence-corrected chi connectivity index (χ2v) is 8.05. The number of primary amides is 1. The second kappa shape index (κ2) is 9.23. The predicted molar refractivity (Wildman–Crippen MR) is 100 cm³/mol. The third-order valence-electron chi connectivity index (χ3n) is 4.26. The maximum atomic E-state index is 12.8. The quantitative estimate of drug-likeness (QED) is 0.237. The van der Waals surface area contributed by atoms with E-state index >= 15 is 0 Å². The number of nitrogens with zero attached hydrogens (tertiary/aromatic N) is 1. The molecule has 13 heteroatoms. The first-order chi connectivity index (χ1) is 13.3. The number of methoxy groups -OCH3 is 1. The first-order valence-corrected chi connectivity index (χ1v) is 9.94. The molecule has 3 rings (SSSR count). The van der Waals surface area contributed by atoms with E-state index in [1.165, 1.54) is 30.2 Å². The van der Waals surface area contributed by atoms with Crippen molar-refractivity contribution in [2.75, 3.05) is 19.5 Å². The van der Waals surface area contributed by atoms with Gasteiger partial charge in [0.25, 0.3) is 11.6 Å². The number of β-lactam (4-membered cyclic amide) rings is 1. The average Bonchev–Trinajstić information content (AvgIpc) is 3.15. The normalized spacial score (nSPS) is 22.9. The summed E-state index contributed by atoms with van der Waals surface area (Å²) in [5.41, 5.74) is 3.20. The fourth-order valence-corrected chi connectivity index (χ4v) is 5.16.